The van der Waals surface area contributed by atoms with E-state index in [1.807, 2.05) is 6.07 Å². The Morgan fingerprint density at radius 3 is 2.46 bits per heavy atom. The number of hydrogen-bond donors (Lipinski definition) is 0. The van der Waals surface area contributed by atoms with Gasteiger partial charge in [0.25, 0.3) is 0 Å². The summed E-state index contributed by atoms with van der Waals surface area (Å²) in [6.45, 7) is 2.25. The van der Waals surface area contributed by atoms with Crippen molar-refractivity contribution in [1.29, 1.82) is 5.26 Å². The molecule has 0 amide bonds. The summed E-state index contributed by atoms with van der Waals surface area (Å²) in [7, 11) is 0. The Labute approximate surface area is 81.1 Å². The van der Waals surface area contributed by atoms with Gasteiger partial charge in [-0.15, -0.1) is 0 Å². The van der Waals surface area contributed by atoms with E-state index in [-0.39, 0.29) is 0 Å². The highest BCUT2D eigenvalue weighted by molar-refractivity contribution is 5.18. The van der Waals surface area contributed by atoms with Gasteiger partial charge in [0.2, 0.25) is 0 Å². The molecule has 0 radical (unpaired) electrons. The Bertz CT molecular complexity index is 230. The minimum Gasteiger partial charge on any atom is -0.183 e. The van der Waals surface area contributed by atoms with E-state index in [1.165, 1.54) is 38.5 Å². The lowest BCUT2D eigenvalue weighted by Crippen LogP contribution is -2.12. The smallest absolute Gasteiger partial charge is 0.152 e. The monoisotopic (exact) mass is 175 g/mol. The fourth-order valence-corrected chi connectivity index (χ4v) is 2.14. The predicted octanol–water partition coefficient (Wildman–Crippen LogP) is 3.12. The van der Waals surface area contributed by atoms with Crippen molar-refractivity contribution in [1.82, 2.24) is 0 Å². The minimum atomic E-state index is 0.507. The van der Waals surface area contributed by atoms with Crippen molar-refractivity contribution < 1.29 is 0 Å². The van der Waals surface area contributed by atoms with E-state index in [1.54, 1.807) is 0 Å². The summed E-state index contributed by atoms with van der Waals surface area (Å²) in [6.07, 6.45) is 7.73. The molecule has 1 aliphatic rings. The molecule has 0 N–H and O–H groups in total. The molecule has 0 saturated heterocycles. The van der Waals surface area contributed by atoms with Crippen molar-refractivity contribution in [3.63, 3.8) is 0 Å². The molecule has 1 saturated carbocycles. The van der Waals surface area contributed by atoms with Crippen molar-refractivity contribution in [2.75, 3.05) is 0 Å². The molecule has 0 aliphatic heterocycles. The lowest BCUT2D eigenvalue weighted by molar-refractivity contribution is 0.300. The highest BCUT2D eigenvalue weighted by Crippen LogP contribution is 2.30. The van der Waals surface area contributed by atoms with Crippen LogP contribution in [-0.4, -0.2) is 0 Å². The quantitative estimate of drug-likeness (QED) is 0.591. The average Bonchev–Trinajstić information content (AvgIpc) is 2.17. The molecule has 0 bridgehead atoms. The Balaban J connectivity index is 2.27. The molecular weight excluding hydrogens is 158 g/mol. The van der Waals surface area contributed by atoms with Crippen LogP contribution in [0.5, 0.6) is 0 Å². The van der Waals surface area contributed by atoms with E-state index in [0.29, 0.717) is 5.92 Å². The van der Waals surface area contributed by atoms with Crippen molar-refractivity contribution in [2.24, 2.45) is 11.8 Å². The lowest BCUT2D eigenvalue weighted by Gasteiger charge is -2.24. The molecule has 1 aliphatic carbocycles. The van der Waals surface area contributed by atoms with Crippen LogP contribution >= 0.6 is 0 Å². The van der Waals surface area contributed by atoms with Gasteiger partial charge in [-0.05, 0) is 31.6 Å². The second-order valence-corrected chi connectivity index (χ2v) is 3.89. The standard InChI is InChI=1S/C12H17N/c1-2-4-11-6-8-12(9-7-11)5-3-10-13/h11-12H,2,4,6-9H2,1H3. The summed E-state index contributed by atoms with van der Waals surface area (Å²) in [5.41, 5.74) is 0. The largest absolute Gasteiger partial charge is 0.183 e. The summed E-state index contributed by atoms with van der Waals surface area (Å²) in [4.78, 5) is 0. The van der Waals surface area contributed by atoms with Crippen LogP contribution in [0.3, 0.4) is 0 Å². The second kappa shape index (κ2) is 5.65. The molecule has 1 rings (SSSR count). The third-order valence-electron chi connectivity index (χ3n) is 2.88. The molecule has 1 nitrogen and oxygen atoms in total. The first-order chi connectivity index (χ1) is 6.36. The highest BCUT2D eigenvalue weighted by atomic mass is 14.2. The van der Waals surface area contributed by atoms with Gasteiger partial charge in [-0.25, -0.2) is 0 Å². The van der Waals surface area contributed by atoms with Gasteiger partial charge >= 0.3 is 0 Å². The zero-order valence-electron chi connectivity index (χ0n) is 8.34. The fourth-order valence-electron chi connectivity index (χ4n) is 2.14. The van der Waals surface area contributed by atoms with Gasteiger partial charge in [-0.2, -0.15) is 5.26 Å². The van der Waals surface area contributed by atoms with Crippen molar-refractivity contribution in [3.05, 3.63) is 0 Å². The number of rotatable bonds is 2. The van der Waals surface area contributed by atoms with Gasteiger partial charge in [0, 0.05) is 11.8 Å². The number of hydrogen-bond acceptors (Lipinski definition) is 1. The van der Waals surface area contributed by atoms with E-state index >= 15 is 0 Å². The van der Waals surface area contributed by atoms with E-state index in [9.17, 15) is 0 Å². The highest BCUT2D eigenvalue weighted by Gasteiger charge is 2.18. The van der Waals surface area contributed by atoms with Gasteiger partial charge in [-0.3, -0.25) is 0 Å². The Morgan fingerprint density at radius 1 is 1.23 bits per heavy atom. The molecule has 0 atom stereocenters. The maximum Gasteiger partial charge on any atom is 0.152 e. The SMILES string of the molecule is CCCC1CCC(C#CC#N)CC1. The van der Waals surface area contributed by atoms with Gasteiger partial charge < -0.3 is 0 Å². The maximum atomic E-state index is 8.31. The zero-order chi connectivity index (χ0) is 9.52. The van der Waals surface area contributed by atoms with Crippen LogP contribution in [0.1, 0.15) is 45.4 Å². The normalized spacial score (nSPS) is 27.1. The van der Waals surface area contributed by atoms with Crippen LogP contribution < -0.4 is 0 Å². The minimum absolute atomic E-state index is 0.507. The van der Waals surface area contributed by atoms with Crippen molar-refractivity contribution in [3.8, 4) is 17.9 Å². The van der Waals surface area contributed by atoms with Gasteiger partial charge in [-0.1, -0.05) is 25.7 Å². The van der Waals surface area contributed by atoms with Crippen LogP contribution in [0.4, 0.5) is 0 Å². The van der Waals surface area contributed by atoms with Gasteiger partial charge in [0.1, 0.15) is 0 Å². The summed E-state index contributed by atoms with van der Waals surface area (Å²) in [5.74, 6) is 6.99. The molecule has 0 unspecified atom stereocenters. The van der Waals surface area contributed by atoms with Crippen LogP contribution in [0.25, 0.3) is 0 Å². The Morgan fingerprint density at radius 2 is 1.92 bits per heavy atom. The second-order valence-electron chi connectivity index (χ2n) is 3.89. The van der Waals surface area contributed by atoms with Crippen molar-refractivity contribution in [2.45, 2.75) is 45.4 Å². The Kier molecular flexibility index (Phi) is 4.41. The van der Waals surface area contributed by atoms with Gasteiger partial charge in [0.15, 0.2) is 6.07 Å². The molecule has 0 aromatic rings. The van der Waals surface area contributed by atoms with Crippen LogP contribution in [0, 0.1) is 35.0 Å². The topological polar surface area (TPSA) is 23.8 Å². The molecule has 0 aromatic carbocycles. The predicted molar refractivity (Wildman–Crippen MR) is 53.7 cm³/mol. The summed E-state index contributed by atoms with van der Waals surface area (Å²) >= 11 is 0. The fraction of sp³-hybridized carbons (Fsp3) is 0.750. The Hall–Kier alpha value is -0.950. The van der Waals surface area contributed by atoms with Crippen molar-refractivity contribution >= 4 is 0 Å². The molecule has 1 fully saturated rings. The molecular formula is C12H17N. The summed E-state index contributed by atoms with van der Waals surface area (Å²) < 4.78 is 0. The maximum absolute atomic E-state index is 8.31. The number of nitrogens with zero attached hydrogens (tertiary/aromatic N) is 1. The molecule has 70 valence electrons. The molecule has 0 heterocycles. The van der Waals surface area contributed by atoms with E-state index in [2.05, 4.69) is 18.8 Å². The van der Waals surface area contributed by atoms with Crippen LogP contribution in [-0.2, 0) is 0 Å². The number of nitriles is 1. The molecule has 1 heteroatoms. The van der Waals surface area contributed by atoms with Crippen LogP contribution in [0.15, 0.2) is 0 Å². The third kappa shape index (κ3) is 3.51. The first-order valence-electron chi connectivity index (χ1n) is 5.26. The summed E-state index contributed by atoms with van der Waals surface area (Å²) in [5, 5.41) is 8.31. The molecule has 0 aromatic heterocycles. The first-order valence-corrected chi connectivity index (χ1v) is 5.26. The third-order valence-corrected chi connectivity index (χ3v) is 2.88. The van der Waals surface area contributed by atoms with E-state index in [4.69, 9.17) is 5.26 Å². The average molecular weight is 175 g/mol. The van der Waals surface area contributed by atoms with E-state index in [0.717, 1.165) is 5.92 Å². The molecule has 13 heavy (non-hydrogen) atoms. The van der Waals surface area contributed by atoms with E-state index < -0.39 is 0 Å². The van der Waals surface area contributed by atoms with Crippen LogP contribution in [0.2, 0.25) is 0 Å². The summed E-state index contributed by atoms with van der Waals surface area (Å²) in [6, 6.07) is 1.89. The van der Waals surface area contributed by atoms with Gasteiger partial charge in [0.05, 0.1) is 0 Å². The first kappa shape index (κ1) is 10.1. The zero-order valence-corrected chi connectivity index (χ0v) is 8.34. The molecule has 0 spiro atoms. The lowest BCUT2D eigenvalue weighted by atomic mass is 9.80.